The van der Waals surface area contributed by atoms with Gasteiger partial charge in [-0.3, -0.25) is 29.4 Å². The monoisotopic (exact) mass is 805 g/mol. The predicted octanol–water partition coefficient (Wildman–Crippen LogP) is 4.56. The van der Waals surface area contributed by atoms with Gasteiger partial charge in [-0.25, -0.2) is 9.37 Å². The lowest BCUT2D eigenvalue weighted by Gasteiger charge is -2.32. The van der Waals surface area contributed by atoms with Crippen molar-refractivity contribution in [1.82, 2.24) is 30.4 Å². The average molecular weight is 806 g/mol. The van der Waals surface area contributed by atoms with Crippen molar-refractivity contribution in [3.05, 3.63) is 64.0 Å². The lowest BCUT2D eigenvalue weighted by atomic mass is 9.89. The third-order valence-corrected chi connectivity index (χ3v) is 13.1. The molecule has 1 unspecified atom stereocenters. The van der Waals surface area contributed by atoms with Gasteiger partial charge in [0, 0.05) is 49.2 Å². The number of hydrogen-bond donors (Lipinski definition) is 4. The normalized spacial score (nSPS) is 20.8. The maximum Gasteiger partial charge on any atom is 0.261 e. The molecule has 4 aliphatic rings. The fourth-order valence-corrected chi connectivity index (χ4v) is 9.38. The average Bonchev–Trinajstić information content (AvgIpc) is 3.21. The number of amides is 3. The van der Waals surface area contributed by atoms with E-state index in [-0.39, 0.29) is 29.1 Å². The van der Waals surface area contributed by atoms with E-state index in [1.165, 1.54) is 11.6 Å². The van der Waals surface area contributed by atoms with Crippen LogP contribution in [0.2, 0.25) is 0 Å². The number of nitrogens with zero attached hydrogens (tertiary/aromatic N) is 3. The molecular formula is C42H56FN7O6S. The molecule has 3 amide bonds. The number of carbonyl (C=O) groups excluding carboxylic acids is 3. The first-order valence-electron chi connectivity index (χ1n) is 20.7. The Kier molecular flexibility index (Phi) is 14.5. The van der Waals surface area contributed by atoms with Gasteiger partial charge in [-0.1, -0.05) is 12.1 Å². The number of ether oxygens (including phenoxy) is 2. The van der Waals surface area contributed by atoms with E-state index in [0.717, 1.165) is 89.8 Å². The highest BCUT2D eigenvalue weighted by molar-refractivity contribution is 7.99. The van der Waals surface area contributed by atoms with Gasteiger partial charge in [0.05, 0.1) is 24.4 Å². The summed E-state index contributed by atoms with van der Waals surface area (Å²) in [6.07, 6.45) is 8.74. The molecule has 3 aromatic rings. The number of anilines is 1. The van der Waals surface area contributed by atoms with Gasteiger partial charge in [-0.05, 0) is 120 Å². The Labute approximate surface area is 337 Å². The first-order valence-corrected chi connectivity index (χ1v) is 21.8. The highest BCUT2D eigenvalue weighted by atomic mass is 32.2. The molecule has 1 aromatic heterocycles. The fraction of sp³-hybridized carbons (Fsp3) is 0.595. The first-order chi connectivity index (χ1) is 27.8. The molecule has 0 saturated carbocycles. The van der Waals surface area contributed by atoms with Gasteiger partial charge < -0.3 is 30.0 Å². The van der Waals surface area contributed by atoms with E-state index in [4.69, 9.17) is 9.47 Å². The van der Waals surface area contributed by atoms with Crippen molar-refractivity contribution in [2.45, 2.75) is 87.2 Å². The number of unbranched alkanes of at least 4 members (excludes halogenated alkanes) is 1. The zero-order valence-corrected chi connectivity index (χ0v) is 33.5. The molecule has 13 nitrogen and oxygen atoms in total. The van der Waals surface area contributed by atoms with Gasteiger partial charge in [-0.15, -0.1) is 0 Å². The second-order valence-corrected chi connectivity index (χ2v) is 17.2. The Bertz CT molecular complexity index is 1910. The minimum Gasteiger partial charge on any atom is -0.493 e. The fourth-order valence-electron chi connectivity index (χ4n) is 8.31. The molecule has 4 N–H and O–H groups in total. The van der Waals surface area contributed by atoms with Gasteiger partial charge in [0.2, 0.25) is 17.7 Å². The van der Waals surface area contributed by atoms with Gasteiger partial charge in [0.15, 0.2) is 0 Å². The molecule has 4 aliphatic heterocycles. The highest BCUT2D eigenvalue weighted by Gasteiger charge is 2.27. The number of nitrogens with one attached hydrogen (secondary N) is 4. The number of benzene rings is 2. The summed E-state index contributed by atoms with van der Waals surface area (Å²) in [5.41, 5.74) is 2.03. The molecule has 4 saturated heterocycles. The van der Waals surface area contributed by atoms with E-state index >= 15 is 0 Å². The number of H-pyrrole nitrogens is 1. The number of hydrogen-bond acceptors (Lipinski definition) is 11. The van der Waals surface area contributed by atoms with E-state index in [1.807, 2.05) is 12.1 Å². The first kappa shape index (κ1) is 41.1. The molecule has 0 spiro atoms. The van der Waals surface area contributed by atoms with Crippen LogP contribution in [0.1, 0.15) is 81.5 Å². The van der Waals surface area contributed by atoms with Gasteiger partial charge in [-0.2, -0.15) is 11.8 Å². The van der Waals surface area contributed by atoms with E-state index in [0.29, 0.717) is 85.7 Å². The molecule has 4 fully saturated rings. The van der Waals surface area contributed by atoms with Crippen LogP contribution in [0.3, 0.4) is 0 Å². The van der Waals surface area contributed by atoms with Crippen LogP contribution in [0.5, 0.6) is 5.75 Å². The van der Waals surface area contributed by atoms with E-state index in [2.05, 4.69) is 47.9 Å². The molecule has 5 heterocycles. The van der Waals surface area contributed by atoms with Crippen LogP contribution in [0.25, 0.3) is 10.9 Å². The van der Waals surface area contributed by atoms with E-state index < -0.39 is 11.4 Å². The number of halogens is 1. The molecule has 308 valence electrons. The number of rotatable bonds is 16. The van der Waals surface area contributed by atoms with Crippen LogP contribution < -0.4 is 26.2 Å². The van der Waals surface area contributed by atoms with Crippen LogP contribution in [0, 0.1) is 11.7 Å². The molecule has 0 radical (unpaired) electrons. The second-order valence-electron chi connectivity index (χ2n) is 15.9. The van der Waals surface area contributed by atoms with Gasteiger partial charge in [0.1, 0.15) is 28.8 Å². The summed E-state index contributed by atoms with van der Waals surface area (Å²) in [6.45, 7) is 7.77. The number of likely N-dealkylation sites (tertiary alicyclic amines) is 2. The summed E-state index contributed by atoms with van der Waals surface area (Å²) in [4.78, 5) is 61.2. The van der Waals surface area contributed by atoms with Crippen molar-refractivity contribution < 1.29 is 28.2 Å². The number of aromatic nitrogens is 2. The minimum atomic E-state index is -0.630. The Hall–Kier alpha value is -4.05. The van der Waals surface area contributed by atoms with Crippen molar-refractivity contribution in [3.8, 4) is 5.75 Å². The lowest BCUT2D eigenvalue weighted by Crippen LogP contribution is -2.47. The molecule has 57 heavy (non-hydrogen) atoms. The Morgan fingerprint density at radius 1 is 0.965 bits per heavy atom. The summed E-state index contributed by atoms with van der Waals surface area (Å²) >= 11 is 1.74. The number of piperidine rings is 3. The standard InChI is InChI=1S/C42H56FN7O6S/c43-34-23-32(56-26-28-12-20-55-21-13-28)24-36-40(34)42(54)47-37(46-36)27-57-33-10-18-50(19-11-33)25-39(52)44-14-1-2-15-49-16-8-29(9-17-49)30-4-3-5-31(22-30)45-35-6-7-38(51)48-41(35)53/h3-5,22-24,28-29,33,35,45H,1-2,6-21,25-27H2,(H,44,52)(H,46,47,54)(H,48,51,53). The smallest absolute Gasteiger partial charge is 0.261 e. The zero-order chi connectivity index (χ0) is 39.6. The van der Waals surface area contributed by atoms with Crippen LogP contribution in [-0.2, 0) is 24.9 Å². The predicted molar refractivity (Wildman–Crippen MR) is 219 cm³/mol. The molecule has 1 atom stereocenters. The number of aromatic amines is 1. The van der Waals surface area contributed by atoms with E-state index in [1.54, 1.807) is 17.8 Å². The van der Waals surface area contributed by atoms with Crippen LogP contribution >= 0.6 is 11.8 Å². The number of fused-ring (bicyclic) bond motifs is 1. The highest BCUT2D eigenvalue weighted by Crippen LogP contribution is 2.31. The van der Waals surface area contributed by atoms with Gasteiger partial charge in [0.25, 0.3) is 5.56 Å². The summed E-state index contributed by atoms with van der Waals surface area (Å²) in [5, 5.41) is 9.16. The molecular weight excluding hydrogens is 750 g/mol. The minimum absolute atomic E-state index is 0.0479. The molecule has 0 aliphatic carbocycles. The van der Waals surface area contributed by atoms with Crippen molar-refractivity contribution in [3.63, 3.8) is 0 Å². The molecule has 0 bridgehead atoms. The van der Waals surface area contributed by atoms with E-state index in [9.17, 15) is 23.6 Å². The van der Waals surface area contributed by atoms with Gasteiger partial charge >= 0.3 is 0 Å². The van der Waals surface area contributed by atoms with Crippen LogP contribution in [0.4, 0.5) is 10.1 Å². The summed E-state index contributed by atoms with van der Waals surface area (Å²) < 4.78 is 26.2. The SMILES string of the molecule is O=C(CN1CCC(SCc2nc3cc(OCC4CCOCC4)cc(F)c3c(=O)[nH]2)CC1)NCCCCN1CCC(c2cccc(NC3CCC(=O)NC3=O)c2)CC1. The maximum absolute atomic E-state index is 14.9. The third kappa shape index (κ3) is 11.8. The second kappa shape index (κ2) is 20.1. The molecule has 15 heteroatoms. The Morgan fingerprint density at radius 2 is 1.75 bits per heavy atom. The number of carbonyl (C=O) groups is 3. The number of imide groups is 1. The van der Waals surface area contributed by atoms with Crippen LogP contribution in [0.15, 0.2) is 41.2 Å². The summed E-state index contributed by atoms with van der Waals surface area (Å²) in [5.74, 6) is 1.25. The Morgan fingerprint density at radius 3 is 2.54 bits per heavy atom. The topological polar surface area (TPSA) is 158 Å². The van der Waals surface area contributed by atoms with Crippen LogP contribution in [-0.4, -0.2) is 114 Å². The maximum atomic E-state index is 14.9. The summed E-state index contributed by atoms with van der Waals surface area (Å²) in [6, 6.07) is 10.9. The van der Waals surface area contributed by atoms with Crippen molar-refractivity contribution >= 4 is 46.1 Å². The summed E-state index contributed by atoms with van der Waals surface area (Å²) in [7, 11) is 0. The third-order valence-electron chi connectivity index (χ3n) is 11.7. The Balaban J connectivity index is 0.750. The zero-order valence-electron chi connectivity index (χ0n) is 32.7. The van der Waals surface area contributed by atoms with Crippen molar-refractivity contribution in [2.75, 3.05) is 71.0 Å². The van der Waals surface area contributed by atoms with Crippen molar-refractivity contribution in [2.24, 2.45) is 5.92 Å². The number of thioether (sulfide) groups is 1. The molecule has 7 rings (SSSR count). The molecule has 2 aromatic carbocycles. The lowest BCUT2D eigenvalue weighted by molar-refractivity contribution is -0.133. The van der Waals surface area contributed by atoms with Crippen molar-refractivity contribution in [1.29, 1.82) is 0 Å². The largest absolute Gasteiger partial charge is 0.493 e. The quantitative estimate of drug-likeness (QED) is 0.119.